The summed E-state index contributed by atoms with van der Waals surface area (Å²) in [5, 5.41) is 5.65. The van der Waals surface area contributed by atoms with Gasteiger partial charge in [-0.15, -0.1) is 11.6 Å². The minimum atomic E-state index is -0.119. The molecule has 2 aromatic rings. The summed E-state index contributed by atoms with van der Waals surface area (Å²) >= 11 is 6.17. The number of benzene rings is 1. The average Bonchev–Trinajstić information content (AvgIpc) is 2.52. The summed E-state index contributed by atoms with van der Waals surface area (Å²) in [7, 11) is 1.68. The van der Waals surface area contributed by atoms with Crippen molar-refractivity contribution in [2.75, 3.05) is 18.3 Å². The maximum absolute atomic E-state index is 6.17. The first-order valence-electron chi connectivity index (χ1n) is 6.95. The van der Waals surface area contributed by atoms with E-state index in [2.05, 4.69) is 30.2 Å². The van der Waals surface area contributed by atoms with Gasteiger partial charge in [-0.1, -0.05) is 26.0 Å². The van der Waals surface area contributed by atoms with Gasteiger partial charge in [-0.3, -0.25) is 0 Å². The highest BCUT2D eigenvalue weighted by molar-refractivity contribution is 6.19. The molecule has 3 nitrogen and oxygen atoms in total. The molecule has 2 rings (SSSR count). The number of hydrogen-bond donors (Lipinski definition) is 1. The molecule has 1 aromatic carbocycles. The van der Waals surface area contributed by atoms with Crippen molar-refractivity contribution in [3.8, 4) is 5.75 Å². The van der Waals surface area contributed by atoms with Crippen LogP contribution in [0, 0.1) is 0 Å². The first-order valence-corrected chi connectivity index (χ1v) is 7.49. The molecule has 0 aliphatic heterocycles. The zero-order chi connectivity index (χ0) is 14.6. The van der Waals surface area contributed by atoms with Crippen molar-refractivity contribution in [3.63, 3.8) is 0 Å². The van der Waals surface area contributed by atoms with E-state index < -0.39 is 0 Å². The minimum Gasteiger partial charge on any atom is -0.496 e. The van der Waals surface area contributed by atoms with Gasteiger partial charge in [-0.05, 0) is 25.0 Å². The van der Waals surface area contributed by atoms with Crippen molar-refractivity contribution >= 4 is 28.2 Å². The Kier molecular flexibility index (Phi) is 4.71. The van der Waals surface area contributed by atoms with Crippen LogP contribution in [0.25, 0.3) is 10.8 Å². The van der Waals surface area contributed by atoms with Crippen molar-refractivity contribution in [3.05, 3.63) is 30.5 Å². The van der Waals surface area contributed by atoms with Gasteiger partial charge in [-0.2, -0.15) is 0 Å². The van der Waals surface area contributed by atoms with Gasteiger partial charge in [0.2, 0.25) is 0 Å². The number of methoxy groups -OCH3 is 1. The van der Waals surface area contributed by atoms with E-state index in [9.17, 15) is 0 Å². The Morgan fingerprint density at radius 2 is 1.95 bits per heavy atom. The normalized spacial score (nSPS) is 11.6. The highest BCUT2D eigenvalue weighted by atomic mass is 35.5. The molecule has 1 heterocycles. The Morgan fingerprint density at radius 3 is 2.55 bits per heavy atom. The predicted octanol–water partition coefficient (Wildman–Crippen LogP) is 4.45. The number of fused-ring (bicyclic) bond motifs is 1. The summed E-state index contributed by atoms with van der Waals surface area (Å²) in [5.74, 6) is 2.28. The summed E-state index contributed by atoms with van der Waals surface area (Å²) in [6, 6.07) is 7.96. The van der Waals surface area contributed by atoms with Crippen molar-refractivity contribution in [1.82, 2.24) is 4.98 Å². The van der Waals surface area contributed by atoms with Gasteiger partial charge < -0.3 is 10.1 Å². The van der Waals surface area contributed by atoms with Gasteiger partial charge in [-0.25, -0.2) is 4.98 Å². The number of nitrogens with zero attached hydrogens (tertiary/aromatic N) is 1. The molecule has 0 bridgehead atoms. The molecule has 4 heteroatoms. The van der Waals surface area contributed by atoms with Gasteiger partial charge >= 0.3 is 0 Å². The second-order valence-electron chi connectivity index (χ2n) is 4.96. The summed E-state index contributed by atoms with van der Waals surface area (Å²) < 4.78 is 5.41. The summed E-state index contributed by atoms with van der Waals surface area (Å²) in [6.45, 7) is 4.29. The summed E-state index contributed by atoms with van der Waals surface area (Å²) in [4.78, 5) is 4.49. The number of nitrogens with one attached hydrogen (secondary N) is 1. The van der Waals surface area contributed by atoms with Crippen molar-refractivity contribution in [2.45, 2.75) is 32.2 Å². The number of rotatable bonds is 6. The minimum absolute atomic E-state index is 0.119. The fraction of sp³-hybridized carbons (Fsp3) is 0.438. The Balaban J connectivity index is 2.50. The lowest BCUT2D eigenvalue weighted by Crippen LogP contribution is -2.39. The first kappa shape index (κ1) is 14.9. The number of aromatic nitrogens is 1. The quantitative estimate of drug-likeness (QED) is 0.799. The molecule has 0 amide bonds. The second-order valence-corrected chi connectivity index (χ2v) is 5.23. The van der Waals surface area contributed by atoms with Crippen molar-refractivity contribution in [1.29, 1.82) is 0 Å². The number of alkyl halides is 1. The van der Waals surface area contributed by atoms with Gasteiger partial charge in [0.15, 0.2) is 0 Å². The number of pyridine rings is 1. The Bertz CT molecular complexity index is 573. The van der Waals surface area contributed by atoms with E-state index in [-0.39, 0.29) is 5.54 Å². The number of ether oxygens (including phenoxy) is 1. The fourth-order valence-corrected chi connectivity index (χ4v) is 2.80. The van der Waals surface area contributed by atoms with Gasteiger partial charge in [0.25, 0.3) is 0 Å². The maximum atomic E-state index is 6.17. The molecule has 1 aromatic heterocycles. The molecule has 0 fully saturated rings. The number of halogens is 1. The largest absolute Gasteiger partial charge is 0.496 e. The van der Waals surface area contributed by atoms with E-state index in [0.717, 1.165) is 35.2 Å². The van der Waals surface area contributed by atoms with Crippen LogP contribution in [0.4, 0.5) is 5.82 Å². The Hall–Kier alpha value is -1.48. The molecule has 0 saturated heterocycles. The molecule has 0 unspecified atom stereocenters. The van der Waals surface area contributed by atoms with E-state index in [1.165, 1.54) is 0 Å². The van der Waals surface area contributed by atoms with E-state index in [0.29, 0.717) is 5.88 Å². The topological polar surface area (TPSA) is 34.2 Å². The standard InChI is InChI=1S/C16H21ClN2O/c1-4-16(5-2,11-17)19-15-13-7-6-8-14(20-3)12(13)9-10-18-15/h6-10H,4-5,11H2,1-3H3,(H,18,19). The Labute approximate surface area is 125 Å². The highest BCUT2D eigenvalue weighted by Crippen LogP contribution is 2.32. The zero-order valence-electron chi connectivity index (χ0n) is 12.2. The molecule has 0 aliphatic rings. The van der Waals surface area contributed by atoms with Gasteiger partial charge in [0.1, 0.15) is 11.6 Å². The predicted molar refractivity (Wildman–Crippen MR) is 86.0 cm³/mol. The smallest absolute Gasteiger partial charge is 0.134 e. The molecule has 0 atom stereocenters. The maximum Gasteiger partial charge on any atom is 0.134 e. The van der Waals surface area contributed by atoms with E-state index in [1.807, 2.05) is 18.2 Å². The lowest BCUT2D eigenvalue weighted by atomic mass is 9.95. The van der Waals surface area contributed by atoms with Crippen molar-refractivity contribution < 1.29 is 4.74 Å². The summed E-state index contributed by atoms with van der Waals surface area (Å²) in [5.41, 5.74) is -0.119. The second kappa shape index (κ2) is 6.31. The van der Waals surface area contributed by atoms with Gasteiger partial charge in [0.05, 0.1) is 12.6 Å². The van der Waals surface area contributed by atoms with Crippen molar-refractivity contribution in [2.24, 2.45) is 0 Å². The monoisotopic (exact) mass is 292 g/mol. The summed E-state index contributed by atoms with van der Waals surface area (Å²) in [6.07, 6.45) is 3.71. The molecular weight excluding hydrogens is 272 g/mol. The molecule has 0 radical (unpaired) electrons. The van der Waals surface area contributed by atoms with Crippen LogP contribution in [0.15, 0.2) is 30.5 Å². The molecule has 20 heavy (non-hydrogen) atoms. The Morgan fingerprint density at radius 1 is 1.20 bits per heavy atom. The third-order valence-corrected chi connectivity index (χ3v) is 4.49. The molecule has 0 spiro atoms. The molecule has 0 saturated carbocycles. The lowest BCUT2D eigenvalue weighted by Gasteiger charge is -2.31. The van der Waals surface area contributed by atoms with Crippen LogP contribution in [0.5, 0.6) is 5.75 Å². The van der Waals surface area contributed by atoms with Crippen LogP contribution >= 0.6 is 11.6 Å². The number of anilines is 1. The lowest BCUT2D eigenvalue weighted by molar-refractivity contribution is 0.420. The zero-order valence-corrected chi connectivity index (χ0v) is 13.0. The van der Waals surface area contributed by atoms with Crippen LogP contribution in [0.1, 0.15) is 26.7 Å². The average molecular weight is 293 g/mol. The van der Waals surface area contributed by atoms with Gasteiger partial charge in [0, 0.05) is 22.8 Å². The SMILES string of the molecule is CCC(CC)(CCl)Nc1nccc2c(OC)cccc12. The van der Waals surface area contributed by atoms with Crippen LogP contribution < -0.4 is 10.1 Å². The first-order chi connectivity index (χ1) is 9.69. The number of hydrogen-bond acceptors (Lipinski definition) is 3. The highest BCUT2D eigenvalue weighted by Gasteiger charge is 2.25. The van der Waals surface area contributed by atoms with Crippen LogP contribution in [0.2, 0.25) is 0 Å². The fourth-order valence-electron chi connectivity index (χ4n) is 2.36. The van der Waals surface area contributed by atoms with E-state index >= 15 is 0 Å². The van der Waals surface area contributed by atoms with Crippen LogP contribution in [0.3, 0.4) is 0 Å². The van der Waals surface area contributed by atoms with Crippen LogP contribution in [-0.4, -0.2) is 23.5 Å². The van der Waals surface area contributed by atoms with E-state index in [4.69, 9.17) is 16.3 Å². The third-order valence-electron chi connectivity index (χ3n) is 3.98. The molecular formula is C16H21ClN2O. The molecule has 108 valence electrons. The third kappa shape index (κ3) is 2.68. The molecule has 0 aliphatic carbocycles. The van der Waals surface area contributed by atoms with Crippen LogP contribution in [-0.2, 0) is 0 Å². The van der Waals surface area contributed by atoms with E-state index in [1.54, 1.807) is 13.3 Å². The molecule has 1 N–H and O–H groups in total.